The molecule has 2 saturated heterocycles. The van der Waals surface area contributed by atoms with E-state index in [1.54, 1.807) is 0 Å². The minimum Gasteiger partial charge on any atom is -0.468 e. The summed E-state index contributed by atoms with van der Waals surface area (Å²) in [6.45, 7) is 1.22. The third kappa shape index (κ3) is 3.98. The summed E-state index contributed by atoms with van der Waals surface area (Å²) in [6, 6.07) is -0.141. The van der Waals surface area contributed by atoms with Crippen LogP contribution in [0.25, 0.3) is 0 Å². The number of hydrogen-bond acceptors (Lipinski definition) is 4. The van der Waals surface area contributed by atoms with Gasteiger partial charge in [-0.3, -0.25) is 4.79 Å². The van der Waals surface area contributed by atoms with Crippen LogP contribution in [0, 0.1) is 0 Å². The van der Waals surface area contributed by atoms with E-state index >= 15 is 0 Å². The summed E-state index contributed by atoms with van der Waals surface area (Å²) in [5.41, 5.74) is 5.55. The zero-order valence-electron chi connectivity index (χ0n) is 12.8. The van der Waals surface area contributed by atoms with E-state index in [-0.39, 0.29) is 12.0 Å². The van der Waals surface area contributed by atoms with E-state index < -0.39 is 0 Å². The topological polar surface area (TPSA) is 64.3 Å². The van der Waals surface area contributed by atoms with Gasteiger partial charge in [-0.15, -0.1) is 0 Å². The molecule has 2 heterocycles. The van der Waals surface area contributed by atoms with Gasteiger partial charge < -0.3 is 15.7 Å². The van der Waals surface area contributed by atoms with Crippen LogP contribution in [0.2, 0.25) is 11.6 Å². The maximum atomic E-state index is 12.0. The van der Waals surface area contributed by atoms with Crippen LogP contribution in [0.3, 0.4) is 0 Å². The monoisotopic (exact) mass is 280 g/mol. The molecule has 20 heavy (non-hydrogen) atoms. The van der Waals surface area contributed by atoms with Gasteiger partial charge in [0.2, 0.25) is 6.85 Å². The molecule has 3 N–H and O–H groups in total. The average molecular weight is 280 g/mol. The molecule has 5 heteroatoms. The van der Waals surface area contributed by atoms with Gasteiger partial charge in [0, 0.05) is 0 Å². The third-order valence-corrected chi connectivity index (χ3v) is 5.14. The summed E-state index contributed by atoms with van der Waals surface area (Å²) < 4.78 is 4.97. The summed E-state index contributed by atoms with van der Waals surface area (Å²) in [5.74, 6) is 1.43. The fourth-order valence-corrected chi connectivity index (χ4v) is 4.09. The van der Waals surface area contributed by atoms with Crippen molar-refractivity contribution in [3.63, 3.8) is 0 Å². The molecule has 2 aliphatic rings. The maximum Gasteiger partial charge on any atom is 0.321 e. The SMILES string of the molecule is COC(=O)[C@H](CCCCN)NB1[C@H]2CCC[C@@H]1CCC2. The summed E-state index contributed by atoms with van der Waals surface area (Å²) in [6.07, 6.45) is 10.8. The first-order chi connectivity index (χ1) is 9.76. The Morgan fingerprint density at radius 1 is 1.25 bits per heavy atom. The standard InChI is InChI=1S/C15H29BN2O2/c1-20-15(19)14(10-2-3-11-17)18-16-12-6-4-7-13(16)9-5-8-12/h12-14,18H,2-11,17H2,1H3/t12-,13+,14-/m0/s1. The van der Waals surface area contributed by atoms with Gasteiger partial charge in [-0.25, -0.2) is 0 Å². The summed E-state index contributed by atoms with van der Waals surface area (Å²) >= 11 is 0. The molecule has 0 aromatic carbocycles. The van der Waals surface area contributed by atoms with Crippen LogP contribution >= 0.6 is 0 Å². The number of ether oxygens (including phenoxy) is 1. The Kier molecular flexibility index (Phi) is 6.36. The molecule has 0 radical (unpaired) electrons. The highest BCUT2D eigenvalue weighted by molar-refractivity contribution is 6.60. The fraction of sp³-hybridized carbons (Fsp3) is 0.933. The van der Waals surface area contributed by atoms with E-state index in [0.29, 0.717) is 13.4 Å². The number of carbonyl (C=O) groups is 1. The molecule has 2 fully saturated rings. The molecule has 0 aliphatic carbocycles. The van der Waals surface area contributed by atoms with Gasteiger partial charge in [-0.2, -0.15) is 0 Å². The van der Waals surface area contributed by atoms with Crippen molar-refractivity contribution in [1.29, 1.82) is 0 Å². The van der Waals surface area contributed by atoms with Crippen LogP contribution in [0.15, 0.2) is 0 Å². The Hall–Kier alpha value is -0.545. The van der Waals surface area contributed by atoms with Crippen molar-refractivity contribution >= 4 is 12.8 Å². The first kappa shape index (κ1) is 15.8. The highest BCUT2D eigenvalue weighted by Gasteiger charge is 2.41. The predicted molar refractivity (Wildman–Crippen MR) is 82.8 cm³/mol. The number of carbonyl (C=O) groups excluding carboxylic acids is 1. The smallest absolute Gasteiger partial charge is 0.321 e. The Morgan fingerprint density at radius 3 is 2.35 bits per heavy atom. The highest BCUT2D eigenvalue weighted by atomic mass is 16.5. The Labute approximate surface area is 123 Å². The molecule has 4 nitrogen and oxygen atoms in total. The van der Waals surface area contributed by atoms with Crippen molar-refractivity contribution in [3.8, 4) is 0 Å². The van der Waals surface area contributed by atoms with E-state index in [1.165, 1.54) is 45.6 Å². The summed E-state index contributed by atoms with van der Waals surface area (Å²) in [7, 11) is 1.49. The van der Waals surface area contributed by atoms with Crippen molar-refractivity contribution in [2.45, 2.75) is 75.5 Å². The minimum absolute atomic E-state index is 0.106. The second-order valence-corrected chi connectivity index (χ2v) is 6.43. The van der Waals surface area contributed by atoms with Gasteiger partial charge in [0.05, 0.1) is 13.2 Å². The highest BCUT2D eigenvalue weighted by Crippen LogP contribution is 2.45. The molecule has 0 amide bonds. The molecule has 0 aromatic rings. The zero-order valence-corrected chi connectivity index (χ0v) is 12.8. The number of nitrogens with one attached hydrogen (secondary N) is 1. The average Bonchev–Trinajstić information content (AvgIpc) is 2.45. The van der Waals surface area contributed by atoms with Gasteiger partial charge in [0.25, 0.3) is 0 Å². The van der Waals surface area contributed by atoms with Gasteiger partial charge in [-0.05, 0) is 31.0 Å². The van der Waals surface area contributed by atoms with Crippen LogP contribution in [0.5, 0.6) is 0 Å². The molecule has 0 unspecified atom stereocenters. The first-order valence-corrected chi connectivity index (χ1v) is 8.30. The minimum atomic E-state index is -0.141. The van der Waals surface area contributed by atoms with Gasteiger partial charge in [0.15, 0.2) is 0 Å². The van der Waals surface area contributed by atoms with Crippen molar-refractivity contribution in [2.75, 3.05) is 13.7 Å². The largest absolute Gasteiger partial charge is 0.468 e. The fourth-order valence-electron chi connectivity index (χ4n) is 4.09. The molecule has 1 atom stereocenters. The van der Waals surface area contributed by atoms with Crippen LogP contribution in [-0.4, -0.2) is 32.5 Å². The van der Waals surface area contributed by atoms with Gasteiger partial charge in [0.1, 0.15) is 0 Å². The van der Waals surface area contributed by atoms with Gasteiger partial charge >= 0.3 is 5.97 Å². The first-order valence-electron chi connectivity index (χ1n) is 8.30. The number of methoxy groups -OCH3 is 1. The number of hydrogen-bond donors (Lipinski definition) is 2. The third-order valence-electron chi connectivity index (χ3n) is 5.14. The molecule has 2 rings (SSSR count). The molecule has 0 spiro atoms. The maximum absolute atomic E-state index is 12.0. The van der Waals surface area contributed by atoms with E-state index in [9.17, 15) is 4.79 Å². The normalized spacial score (nSPS) is 27.2. The lowest BCUT2D eigenvalue weighted by Gasteiger charge is -2.41. The molecule has 2 bridgehead atoms. The number of unbranched alkanes of at least 4 members (excludes halogenated alkanes) is 1. The Morgan fingerprint density at radius 2 is 1.85 bits per heavy atom. The Bertz CT molecular complexity index is 292. The number of esters is 1. The van der Waals surface area contributed by atoms with E-state index in [4.69, 9.17) is 10.5 Å². The molecule has 0 saturated carbocycles. The van der Waals surface area contributed by atoms with E-state index in [1.807, 2.05) is 0 Å². The lowest BCUT2D eigenvalue weighted by atomic mass is 9.34. The van der Waals surface area contributed by atoms with Crippen LogP contribution < -0.4 is 11.0 Å². The molecule has 0 aromatic heterocycles. The number of rotatable bonds is 7. The van der Waals surface area contributed by atoms with Crippen molar-refractivity contribution in [3.05, 3.63) is 0 Å². The number of nitrogens with two attached hydrogens (primary N) is 1. The van der Waals surface area contributed by atoms with E-state index in [0.717, 1.165) is 30.9 Å². The van der Waals surface area contributed by atoms with Crippen LogP contribution in [-0.2, 0) is 9.53 Å². The zero-order chi connectivity index (χ0) is 14.4. The van der Waals surface area contributed by atoms with Crippen molar-refractivity contribution < 1.29 is 9.53 Å². The summed E-state index contributed by atoms with van der Waals surface area (Å²) in [5, 5.41) is 3.65. The predicted octanol–water partition coefficient (Wildman–Crippen LogP) is 2.35. The van der Waals surface area contributed by atoms with Crippen LogP contribution in [0.4, 0.5) is 0 Å². The van der Waals surface area contributed by atoms with Crippen molar-refractivity contribution in [2.24, 2.45) is 5.73 Å². The molecular formula is C15H29BN2O2. The lowest BCUT2D eigenvalue weighted by Crippen LogP contribution is -2.53. The van der Waals surface area contributed by atoms with Gasteiger partial charge in [-0.1, -0.05) is 44.9 Å². The van der Waals surface area contributed by atoms with Crippen LogP contribution in [0.1, 0.15) is 57.8 Å². The van der Waals surface area contributed by atoms with E-state index in [2.05, 4.69) is 5.23 Å². The summed E-state index contributed by atoms with van der Waals surface area (Å²) in [4.78, 5) is 12.0. The lowest BCUT2D eigenvalue weighted by molar-refractivity contribution is -0.142. The number of fused-ring (bicyclic) bond motifs is 2. The van der Waals surface area contributed by atoms with Crippen molar-refractivity contribution in [1.82, 2.24) is 5.23 Å². The molecule has 114 valence electrons. The molecule has 2 aliphatic heterocycles. The second kappa shape index (κ2) is 8.03. The second-order valence-electron chi connectivity index (χ2n) is 6.43. The molecular weight excluding hydrogens is 251 g/mol. The quantitative estimate of drug-likeness (QED) is 0.427. The Balaban J connectivity index is 1.93.